The van der Waals surface area contributed by atoms with E-state index < -0.39 is 0 Å². The van der Waals surface area contributed by atoms with Crippen molar-refractivity contribution in [2.75, 3.05) is 13.6 Å². The molecule has 0 amide bonds. The van der Waals surface area contributed by atoms with Gasteiger partial charge in [-0.2, -0.15) is 5.10 Å². The normalized spacial score (nSPS) is 16.4. The first kappa shape index (κ1) is 14.3. The topological polar surface area (TPSA) is 53.9 Å². The zero-order valence-corrected chi connectivity index (χ0v) is 13.1. The predicted molar refractivity (Wildman–Crippen MR) is 84.6 cm³/mol. The molecule has 114 valence electrons. The molecule has 1 aliphatic rings. The number of H-pyrrole nitrogens is 1. The van der Waals surface area contributed by atoms with E-state index in [1.807, 2.05) is 10.9 Å². The van der Waals surface area contributed by atoms with Gasteiger partial charge in [0, 0.05) is 10.9 Å². The summed E-state index contributed by atoms with van der Waals surface area (Å²) in [5.74, 6) is 0. The molecule has 2 aromatic heterocycles. The fraction of sp³-hybridized carbons (Fsp3) is 0.625. The number of aryl methyl sites for hydroxylation is 1. The van der Waals surface area contributed by atoms with Crippen molar-refractivity contribution in [3.63, 3.8) is 0 Å². The van der Waals surface area contributed by atoms with Crippen LogP contribution in [0.3, 0.4) is 0 Å². The fourth-order valence-electron chi connectivity index (χ4n) is 3.35. The van der Waals surface area contributed by atoms with Crippen molar-refractivity contribution in [3.05, 3.63) is 27.7 Å². The average Bonchev–Trinajstić information content (AvgIpc) is 2.91. The van der Waals surface area contributed by atoms with Crippen LogP contribution in [-0.2, 0) is 12.8 Å². The number of rotatable bonds is 4. The van der Waals surface area contributed by atoms with Gasteiger partial charge in [0.15, 0.2) is 0 Å². The van der Waals surface area contributed by atoms with E-state index in [2.05, 4.69) is 35.9 Å². The molecular formula is C16H24N4O. The van der Waals surface area contributed by atoms with Crippen molar-refractivity contribution >= 4 is 11.0 Å². The lowest BCUT2D eigenvalue weighted by molar-refractivity contribution is 0.184. The van der Waals surface area contributed by atoms with Crippen LogP contribution in [0, 0.1) is 0 Å². The molecule has 0 spiro atoms. The zero-order chi connectivity index (χ0) is 15.0. The highest BCUT2D eigenvalue weighted by molar-refractivity contribution is 5.80. The Morgan fingerprint density at radius 2 is 2.10 bits per heavy atom. The molecule has 5 heteroatoms. The highest BCUT2D eigenvalue weighted by atomic mass is 16.1. The molecule has 1 aliphatic carbocycles. The van der Waals surface area contributed by atoms with Gasteiger partial charge in [-0.1, -0.05) is 6.92 Å². The summed E-state index contributed by atoms with van der Waals surface area (Å²) in [6.07, 6.45) is 7.35. The minimum atomic E-state index is 0.0734. The van der Waals surface area contributed by atoms with E-state index in [0.29, 0.717) is 0 Å². The minimum absolute atomic E-state index is 0.0734. The standard InChI is InChI=1S/C16H24N4O/c1-4-9-19(3)11(2)20-15-14(10-17-20)12-7-5-6-8-13(12)16(21)18-15/h10-11H,4-9H2,1-3H3,(H,18,21). The Labute approximate surface area is 125 Å². The molecule has 0 fully saturated rings. The molecule has 0 aliphatic heterocycles. The largest absolute Gasteiger partial charge is 0.306 e. The van der Waals surface area contributed by atoms with E-state index >= 15 is 0 Å². The smallest absolute Gasteiger partial charge is 0.253 e. The molecule has 21 heavy (non-hydrogen) atoms. The number of nitrogens with zero attached hydrogens (tertiary/aromatic N) is 3. The van der Waals surface area contributed by atoms with Crippen LogP contribution in [0.4, 0.5) is 0 Å². The van der Waals surface area contributed by atoms with Crippen LogP contribution < -0.4 is 5.56 Å². The van der Waals surface area contributed by atoms with Crippen molar-refractivity contribution in [3.8, 4) is 0 Å². The first-order chi connectivity index (χ1) is 10.1. The molecule has 1 N–H and O–H groups in total. The van der Waals surface area contributed by atoms with Crippen LogP contribution in [0.2, 0.25) is 0 Å². The minimum Gasteiger partial charge on any atom is -0.306 e. The maximum atomic E-state index is 12.3. The molecule has 1 unspecified atom stereocenters. The molecule has 3 rings (SSSR count). The fourth-order valence-corrected chi connectivity index (χ4v) is 3.35. The van der Waals surface area contributed by atoms with E-state index in [9.17, 15) is 4.79 Å². The van der Waals surface area contributed by atoms with Crippen molar-refractivity contribution in [2.45, 2.75) is 52.1 Å². The number of aromatic nitrogens is 3. The summed E-state index contributed by atoms with van der Waals surface area (Å²) in [6, 6.07) is 0. The molecule has 0 saturated heterocycles. The van der Waals surface area contributed by atoms with E-state index in [4.69, 9.17) is 0 Å². The van der Waals surface area contributed by atoms with Gasteiger partial charge in [0.05, 0.1) is 6.20 Å². The number of hydrogen-bond donors (Lipinski definition) is 1. The Morgan fingerprint density at radius 1 is 1.38 bits per heavy atom. The molecule has 0 radical (unpaired) electrons. The first-order valence-corrected chi connectivity index (χ1v) is 7.95. The molecule has 2 aromatic rings. The quantitative estimate of drug-likeness (QED) is 0.940. The van der Waals surface area contributed by atoms with Gasteiger partial charge in [0.25, 0.3) is 5.56 Å². The third-order valence-electron chi connectivity index (χ3n) is 4.66. The van der Waals surface area contributed by atoms with E-state index in [-0.39, 0.29) is 11.7 Å². The molecule has 2 heterocycles. The van der Waals surface area contributed by atoms with Crippen LogP contribution >= 0.6 is 0 Å². The summed E-state index contributed by atoms with van der Waals surface area (Å²) in [5, 5.41) is 5.68. The lowest BCUT2D eigenvalue weighted by atomic mass is 9.91. The average molecular weight is 288 g/mol. The molecule has 0 bridgehead atoms. The van der Waals surface area contributed by atoms with Crippen LogP contribution in [0.5, 0.6) is 0 Å². The summed E-state index contributed by atoms with van der Waals surface area (Å²) in [4.78, 5) is 17.7. The maximum absolute atomic E-state index is 12.3. The van der Waals surface area contributed by atoms with Crippen LogP contribution in [0.25, 0.3) is 11.0 Å². The number of nitrogens with one attached hydrogen (secondary N) is 1. The van der Waals surface area contributed by atoms with Gasteiger partial charge in [-0.3, -0.25) is 9.69 Å². The highest BCUT2D eigenvalue weighted by Gasteiger charge is 2.21. The van der Waals surface area contributed by atoms with Gasteiger partial charge in [-0.15, -0.1) is 0 Å². The maximum Gasteiger partial charge on any atom is 0.253 e. The van der Waals surface area contributed by atoms with Gasteiger partial charge >= 0.3 is 0 Å². The Bertz CT molecular complexity index is 700. The summed E-state index contributed by atoms with van der Waals surface area (Å²) in [7, 11) is 2.10. The number of pyridine rings is 1. The van der Waals surface area contributed by atoms with Crippen molar-refractivity contribution in [1.29, 1.82) is 0 Å². The van der Waals surface area contributed by atoms with Crippen molar-refractivity contribution < 1.29 is 0 Å². The van der Waals surface area contributed by atoms with Crippen LogP contribution in [-0.4, -0.2) is 33.3 Å². The van der Waals surface area contributed by atoms with Crippen molar-refractivity contribution in [1.82, 2.24) is 19.7 Å². The van der Waals surface area contributed by atoms with E-state index in [1.165, 1.54) is 12.0 Å². The second-order valence-corrected chi connectivity index (χ2v) is 6.08. The predicted octanol–water partition coefficient (Wildman–Crippen LogP) is 2.46. The van der Waals surface area contributed by atoms with Gasteiger partial charge in [-0.05, 0) is 58.2 Å². The van der Waals surface area contributed by atoms with Crippen LogP contribution in [0.1, 0.15) is 50.4 Å². The van der Waals surface area contributed by atoms with Gasteiger partial charge in [0.2, 0.25) is 0 Å². The summed E-state index contributed by atoms with van der Waals surface area (Å²) in [5.41, 5.74) is 3.14. The SMILES string of the molecule is CCCN(C)C(C)n1ncc2c3c(c(=O)[nH]c21)CCCC3. The monoisotopic (exact) mass is 288 g/mol. The molecule has 1 atom stereocenters. The summed E-state index contributed by atoms with van der Waals surface area (Å²) in [6.45, 7) is 5.31. The summed E-state index contributed by atoms with van der Waals surface area (Å²) >= 11 is 0. The second-order valence-electron chi connectivity index (χ2n) is 6.08. The third kappa shape index (κ3) is 2.39. The van der Waals surface area contributed by atoms with E-state index in [0.717, 1.165) is 48.8 Å². The first-order valence-electron chi connectivity index (χ1n) is 7.95. The number of hydrogen-bond acceptors (Lipinski definition) is 3. The third-order valence-corrected chi connectivity index (χ3v) is 4.66. The van der Waals surface area contributed by atoms with E-state index in [1.54, 1.807) is 0 Å². The lowest BCUT2D eigenvalue weighted by Gasteiger charge is -2.25. The number of aromatic amines is 1. The van der Waals surface area contributed by atoms with Gasteiger partial charge < -0.3 is 4.98 Å². The van der Waals surface area contributed by atoms with Gasteiger partial charge in [-0.25, -0.2) is 4.68 Å². The highest BCUT2D eigenvalue weighted by Crippen LogP contribution is 2.26. The lowest BCUT2D eigenvalue weighted by Crippen LogP contribution is -2.29. The molecule has 5 nitrogen and oxygen atoms in total. The Balaban J connectivity index is 2.10. The Kier molecular flexibility index (Phi) is 3.85. The molecular weight excluding hydrogens is 264 g/mol. The molecule has 0 saturated carbocycles. The second kappa shape index (κ2) is 5.64. The van der Waals surface area contributed by atoms with Gasteiger partial charge in [0.1, 0.15) is 11.8 Å². The zero-order valence-electron chi connectivity index (χ0n) is 13.1. The Morgan fingerprint density at radius 3 is 2.81 bits per heavy atom. The summed E-state index contributed by atoms with van der Waals surface area (Å²) < 4.78 is 1.95. The van der Waals surface area contributed by atoms with Crippen molar-refractivity contribution in [2.24, 2.45) is 0 Å². The number of fused-ring (bicyclic) bond motifs is 3. The molecule has 0 aromatic carbocycles. The van der Waals surface area contributed by atoms with Crippen LogP contribution in [0.15, 0.2) is 11.0 Å². The Hall–Kier alpha value is -1.62.